The van der Waals surface area contributed by atoms with Gasteiger partial charge in [-0.25, -0.2) is 0 Å². The molecule has 2 fully saturated rings. The SMILES string of the molecule is CC/C=C(/C)C(=O)N1CSC[C@H]1C(=O)NCC(=O)N1CCCC1. The fourth-order valence-corrected chi connectivity index (χ4v) is 3.99. The molecule has 0 saturated carbocycles. The molecule has 2 heterocycles. The predicted octanol–water partition coefficient (Wildman–Crippen LogP) is 0.983. The highest BCUT2D eigenvalue weighted by atomic mass is 32.2. The summed E-state index contributed by atoms with van der Waals surface area (Å²) in [4.78, 5) is 40.1. The quantitative estimate of drug-likeness (QED) is 0.758. The van der Waals surface area contributed by atoms with Crippen LogP contribution in [0, 0.1) is 0 Å². The van der Waals surface area contributed by atoms with Gasteiger partial charge in [0.2, 0.25) is 11.8 Å². The average Bonchev–Trinajstić information content (AvgIpc) is 3.22. The van der Waals surface area contributed by atoms with Crippen molar-refractivity contribution in [1.29, 1.82) is 0 Å². The number of amides is 3. The Morgan fingerprint density at radius 2 is 1.96 bits per heavy atom. The van der Waals surface area contributed by atoms with Crippen LogP contribution in [0.2, 0.25) is 0 Å². The lowest BCUT2D eigenvalue weighted by atomic mass is 10.2. The molecule has 1 N–H and O–H groups in total. The Hall–Kier alpha value is -1.50. The summed E-state index contributed by atoms with van der Waals surface area (Å²) < 4.78 is 0. The summed E-state index contributed by atoms with van der Waals surface area (Å²) in [5, 5.41) is 2.70. The number of nitrogens with zero attached hydrogens (tertiary/aromatic N) is 2. The summed E-state index contributed by atoms with van der Waals surface area (Å²) >= 11 is 1.56. The molecule has 6 nitrogen and oxygen atoms in total. The number of thioether (sulfide) groups is 1. The van der Waals surface area contributed by atoms with E-state index in [4.69, 9.17) is 0 Å². The van der Waals surface area contributed by atoms with Crippen LogP contribution in [0.4, 0.5) is 0 Å². The molecule has 128 valence electrons. The van der Waals surface area contributed by atoms with E-state index >= 15 is 0 Å². The van der Waals surface area contributed by atoms with Gasteiger partial charge in [0.1, 0.15) is 6.04 Å². The molecule has 2 aliphatic heterocycles. The second-order valence-corrected chi connectivity index (χ2v) is 6.89. The number of hydrogen-bond acceptors (Lipinski definition) is 4. The van der Waals surface area contributed by atoms with Crippen LogP contribution in [-0.2, 0) is 14.4 Å². The van der Waals surface area contributed by atoms with Crippen LogP contribution in [0.15, 0.2) is 11.6 Å². The van der Waals surface area contributed by atoms with Gasteiger partial charge in [-0.15, -0.1) is 11.8 Å². The first kappa shape index (κ1) is 17.8. The van der Waals surface area contributed by atoms with Gasteiger partial charge in [0.05, 0.1) is 12.4 Å². The largest absolute Gasteiger partial charge is 0.345 e. The Bertz CT molecular complexity index is 501. The minimum Gasteiger partial charge on any atom is -0.345 e. The van der Waals surface area contributed by atoms with Gasteiger partial charge >= 0.3 is 0 Å². The first-order valence-corrected chi connectivity index (χ1v) is 9.31. The number of likely N-dealkylation sites (tertiary alicyclic amines) is 1. The third-order valence-corrected chi connectivity index (χ3v) is 5.18. The fraction of sp³-hybridized carbons (Fsp3) is 0.688. The predicted molar refractivity (Wildman–Crippen MR) is 90.8 cm³/mol. The van der Waals surface area contributed by atoms with Crippen molar-refractivity contribution in [2.75, 3.05) is 31.3 Å². The van der Waals surface area contributed by atoms with Crippen molar-refractivity contribution < 1.29 is 14.4 Å². The van der Waals surface area contributed by atoms with Gasteiger partial charge in [-0.2, -0.15) is 0 Å². The summed E-state index contributed by atoms with van der Waals surface area (Å²) in [6.07, 6.45) is 4.73. The average molecular weight is 339 g/mol. The van der Waals surface area contributed by atoms with Crippen molar-refractivity contribution in [1.82, 2.24) is 15.1 Å². The summed E-state index contributed by atoms with van der Waals surface area (Å²) in [5.41, 5.74) is 0.668. The van der Waals surface area contributed by atoms with Crippen LogP contribution in [0.5, 0.6) is 0 Å². The molecule has 7 heteroatoms. The van der Waals surface area contributed by atoms with E-state index in [1.807, 2.05) is 13.0 Å². The van der Waals surface area contributed by atoms with Crippen LogP contribution >= 0.6 is 11.8 Å². The maximum atomic E-state index is 12.4. The second kappa shape index (κ2) is 8.38. The Labute approximate surface area is 141 Å². The smallest absolute Gasteiger partial charge is 0.250 e. The summed E-state index contributed by atoms with van der Waals surface area (Å²) in [6, 6.07) is -0.487. The minimum absolute atomic E-state index is 0.0197. The molecule has 0 bridgehead atoms. The first-order chi connectivity index (χ1) is 11.0. The zero-order valence-electron chi connectivity index (χ0n) is 13.8. The molecule has 0 radical (unpaired) electrons. The highest BCUT2D eigenvalue weighted by molar-refractivity contribution is 7.99. The van der Waals surface area contributed by atoms with Crippen LogP contribution in [0.25, 0.3) is 0 Å². The maximum absolute atomic E-state index is 12.4. The highest BCUT2D eigenvalue weighted by Crippen LogP contribution is 2.23. The number of rotatable bonds is 5. The number of carbonyl (C=O) groups is 3. The van der Waals surface area contributed by atoms with E-state index < -0.39 is 6.04 Å². The zero-order valence-corrected chi connectivity index (χ0v) is 14.7. The van der Waals surface area contributed by atoms with Crippen molar-refractivity contribution in [3.05, 3.63) is 11.6 Å². The van der Waals surface area contributed by atoms with E-state index in [0.717, 1.165) is 32.4 Å². The molecule has 2 saturated heterocycles. The normalized spacial score (nSPS) is 21.7. The molecule has 3 amide bonds. The van der Waals surface area contributed by atoms with Gasteiger partial charge in [0, 0.05) is 24.4 Å². The Balaban J connectivity index is 1.88. The molecule has 0 aromatic heterocycles. The van der Waals surface area contributed by atoms with Crippen LogP contribution in [0.1, 0.15) is 33.1 Å². The van der Waals surface area contributed by atoms with Crippen molar-refractivity contribution in [2.24, 2.45) is 0 Å². The van der Waals surface area contributed by atoms with E-state index in [-0.39, 0.29) is 24.3 Å². The molecular formula is C16H25N3O3S. The van der Waals surface area contributed by atoms with Crippen molar-refractivity contribution in [2.45, 2.75) is 39.2 Å². The molecule has 0 aliphatic carbocycles. The molecular weight excluding hydrogens is 314 g/mol. The lowest BCUT2D eigenvalue weighted by molar-refractivity contribution is -0.137. The number of nitrogens with one attached hydrogen (secondary N) is 1. The van der Waals surface area contributed by atoms with Crippen LogP contribution in [-0.4, -0.2) is 64.8 Å². The van der Waals surface area contributed by atoms with Crippen molar-refractivity contribution >= 4 is 29.5 Å². The lowest BCUT2D eigenvalue weighted by Gasteiger charge is -2.24. The van der Waals surface area contributed by atoms with Crippen LogP contribution in [0.3, 0.4) is 0 Å². The first-order valence-electron chi connectivity index (χ1n) is 8.15. The molecule has 0 unspecified atom stereocenters. The van der Waals surface area contributed by atoms with Gasteiger partial charge in [-0.1, -0.05) is 13.0 Å². The standard InChI is InChI=1S/C16H25N3O3S/c1-3-6-12(2)16(22)19-11-23-10-13(19)15(21)17-9-14(20)18-7-4-5-8-18/h6,13H,3-5,7-11H2,1-2H3,(H,17,21)/b12-6-/t13-/m0/s1. The monoisotopic (exact) mass is 339 g/mol. The molecule has 23 heavy (non-hydrogen) atoms. The van der Waals surface area contributed by atoms with Gasteiger partial charge in [-0.3, -0.25) is 14.4 Å². The lowest BCUT2D eigenvalue weighted by Crippen LogP contribution is -2.49. The summed E-state index contributed by atoms with van der Waals surface area (Å²) in [6.45, 7) is 5.33. The molecule has 0 spiro atoms. The Morgan fingerprint density at radius 3 is 2.61 bits per heavy atom. The van der Waals surface area contributed by atoms with Crippen molar-refractivity contribution in [3.63, 3.8) is 0 Å². The van der Waals surface area contributed by atoms with E-state index in [2.05, 4.69) is 5.32 Å². The van der Waals surface area contributed by atoms with E-state index in [1.165, 1.54) is 0 Å². The van der Waals surface area contributed by atoms with E-state index in [9.17, 15) is 14.4 Å². The van der Waals surface area contributed by atoms with Crippen molar-refractivity contribution in [3.8, 4) is 0 Å². The van der Waals surface area contributed by atoms with E-state index in [1.54, 1.807) is 28.5 Å². The molecule has 0 aromatic carbocycles. The summed E-state index contributed by atoms with van der Waals surface area (Å²) in [7, 11) is 0. The Morgan fingerprint density at radius 1 is 1.26 bits per heavy atom. The number of carbonyl (C=O) groups excluding carboxylic acids is 3. The van der Waals surface area contributed by atoms with Gasteiger partial charge in [0.25, 0.3) is 5.91 Å². The Kier molecular flexibility index (Phi) is 6.50. The molecule has 1 atom stereocenters. The number of hydrogen-bond donors (Lipinski definition) is 1. The third kappa shape index (κ3) is 4.50. The maximum Gasteiger partial charge on any atom is 0.250 e. The van der Waals surface area contributed by atoms with Gasteiger partial charge in [-0.05, 0) is 26.2 Å². The molecule has 2 rings (SSSR count). The third-order valence-electron chi connectivity index (χ3n) is 4.17. The highest BCUT2D eigenvalue weighted by Gasteiger charge is 2.35. The molecule has 0 aromatic rings. The zero-order chi connectivity index (χ0) is 16.8. The summed E-state index contributed by atoms with van der Waals surface area (Å²) in [5.74, 6) is 0.727. The van der Waals surface area contributed by atoms with Gasteiger partial charge in [0.15, 0.2) is 0 Å². The fourth-order valence-electron chi connectivity index (χ4n) is 2.84. The second-order valence-electron chi connectivity index (χ2n) is 5.89. The van der Waals surface area contributed by atoms with E-state index in [0.29, 0.717) is 17.2 Å². The van der Waals surface area contributed by atoms with Crippen LogP contribution < -0.4 is 5.32 Å². The topological polar surface area (TPSA) is 69.7 Å². The molecule has 2 aliphatic rings. The minimum atomic E-state index is -0.487. The van der Waals surface area contributed by atoms with Gasteiger partial charge < -0.3 is 15.1 Å². The number of allylic oxidation sites excluding steroid dienone is 1.